The Morgan fingerprint density at radius 3 is 2.67 bits per heavy atom. The third-order valence-corrected chi connectivity index (χ3v) is 2.87. The van der Waals surface area contributed by atoms with Crippen LogP contribution >= 0.6 is 0 Å². The van der Waals surface area contributed by atoms with Crippen molar-refractivity contribution in [3.63, 3.8) is 0 Å². The zero-order valence-electron chi connectivity index (χ0n) is 11.9. The van der Waals surface area contributed by atoms with Gasteiger partial charge in [0.2, 0.25) is 0 Å². The van der Waals surface area contributed by atoms with Gasteiger partial charge in [-0.1, -0.05) is 0 Å². The van der Waals surface area contributed by atoms with Crippen LogP contribution in [0.4, 0.5) is 4.39 Å². The van der Waals surface area contributed by atoms with Crippen molar-refractivity contribution in [3.05, 3.63) is 35.1 Å². The van der Waals surface area contributed by atoms with Crippen LogP contribution in [0.2, 0.25) is 0 Å². The number of carboxylic acids is 1. The van der Waals surface area contributed by atoms with Gasteiger partial charge in [0, 0.05) is 18.7 Å². The molecule has 21 heavy (non-hydrogen) atoms. The van der Waals surface area contributed by atoms with Gasteiger partial charge in [0.05, 0.1) is 6.10 Å². The molecule has 0 heterocycles. The molecule has 1 aromatic carbocycles. The van der Waals surface area contributed by atoms with Crippen molar-refractivity contribution in [2.24, 2.45) is 5.73 Å². The molecule has 1 unspecified atom stereocenters. The summed E-state index contributed by atoms with van der Waals surface area (Å²) in [6.07, 6.45) is -0.349. The Balaban J connectivity index is 2.82. The summed E-state index contributed by atoms with van der Waals surface area (Å²) >= 11 is 0. The van der Waals surface area contributed by atoms with Crippen LogP contribution in [0.25, 0.3) is 0 Å². The second kappa shape index (κ2) is 7.70. The van der Waals surface area contributed by atoms with E-state index in [1.165, 1.54) is 12.1 Å². The highest BCUT2D eigenvalue weighted by molar-refractivity contribution is 5.94. The SMILES string of the molecule is CCO[C@@H](C)c1cc(F)cc(C(=O)NCC(N)C(=O)O)c1. The molecular formula is C14H19FN2O4. The van der Waals surface area contributed by atoms with E-state index in [-0.39, 0.29) is 18.2 Å². The molecular weight excluding hydrogens is 279 g/mol. The number of nitrogens with one attached hydrogen (secondary N) is 1. The second-order valence-electron chi connectivity index (χ2n) is 4.53. The first-order valence-electron chi connectivity index (χ1n) is 6.53. The maximum absolute atomic E-state index is 13.6. The minimum Gasteiger partial charge on any atom is -0.480 e. The monoisotopic (exact) mass is 298 g/mol. The number of amides is 1. The van der Waals surface area contributed by atoms with Crippen molar-refractivity contribution in [2.75, 3.05) is 13.2 Å². The molecule has 0 spiro atoms. The maximum atomic E-state index is 13.6. The van der Waals surface area contributed by atoms with Gasteiger partial charge < -0.3 is 20.9 Å². The highest BCUT2D eigenvalue weighted by Crippen LogP contribution is 2.19. The molecule has 0 aliphatic heterocycles. The summed E-state index contributed by atoms with van der Waals surface area (Å²) in [4.78, 5) is 22.5. The number of hydrogen-bond donors (Lipinski definition) is 3. The number of hydrogen-bond acceptors (Lipinski definition) is 4. The number of nitrogens with two attached hydrogens (primary N) is 1. The molecule has 0 saturated heterocycles. The lowest BCUT2D eigenvalue weighted by molar-refractivity contribution is -0.138. The van der Waals surface area contributed by atoms with Crippen LogP contribution in [0, 0.1) is 5.82 Å². The fourth-order valence-corrected chi connectivity index (χ4v) is 1.72. The third kappa shape index (κ3) is 5.13. The molecule has 0 aliphatic rings. The molecule has 4 N–H and O–H groups in total. The number of rotatable bonds is 7. The summed E-state index contributed by atoms with van der Waals surface area (Å²) in [7, 11) is 0. The van der Waals surface area contributed by atoms with Crippen molar-refractivity contribution in [1.82, 2.24) is 5.32 Å². The number of ether oxygens (including phenoxy) is 1. The summed E-state index contributed by atoms with van der Waals surface area (Å²) < 4.78 is 18.9. The predicted octanol–water partition coefficient (Wildman–Crippen LogP) is 1.06. The quantitative estimate of drug-likeness (QED) is 0.699. The molecule has 0 saturated carbocycles. The Morgan fingerprint density at radius 2 is 2.10 bits per heavy atom. The van der Waals surface area contributed by atoms with Gasteiger partial charge in [-0.25, -0.2) is 4.39 Å². The van der Waals surface area contributed by atoms with E-state index in [2.05, 4.69) is 5.32 Å². The lowest BCUT2D eigenvalue weighted by Gasteiger charge is -2.14. The number of halogens is 1. The van der Waals surface area contributed by atoms with Gasteiger partial charge >= 0.3 is 5.97 Å². The molecule has 1 aromatic rings. The summed E-state index contributed by atoms with van der Waals surface area (Å²) in [5.74, 6) is -2.37. The van der Waals surface area contributed by atoms with Crippen LogP contribution in [-0.4, -0.2) is 36.2 Å². The lowest BCUT2D eigenvalue weighted by Crippen LogP contribution is -2.42. The fraction of sp³-hybridized carbons (Fsp3) is 0.429. The first kappa shape index (κ1) is 17.1. The number of carboxylic acid groups (broad SMARTS) is 1. The zero-order valence-corrected chi connectivity index (χ0v) is 11.9. The van der Waals surface area contributed by atoms with E-state index in [9.17, 15) is 14.0 Å². The highest BCUT2D eigenvalue weighted by Gasteiger charge is 2.16. The molecule has 0 radical (unpaired) electrons. The number of carbonyl (C=O) groups excluding carboxylic acids is 1. The average molecular weight is 298 g/mol. The van der Waals surface area contributed by atoms with Gasteiger partial charge in [0.15, 0.2) is 0 Å². The minimum atomic E-state index is -1.22. The van der Waals surface area contributed by atoms with Gasteiger partial charge in [-0.05, 0) is 37.6 Å². The van der Waals surface area contributed by atoms with E-state index in [0.29, 0.717) is 12.2 Å². The molecule has 0 aromatic heterocycles. The van der Waals surface area contributed by atoms with Gasteiger partial charge in [-0.15, -0.1) is 0 Å². The topological polar surface area (TPSA) is 102 Å². The molecule has 6 nitrogen and oxygen atoms in total. The average Bonchev–Trinajstić information content (AvgIpc) is 2.43. The van der Waals surface area contributed by atoms with Crippen LogP contribution in [0.1, 0.15) is 35.9 Å². The molecule has 116 valence electrons. The highest BCUT2D eigenvalue weighted by atomic mass is 19.1. The predicted molar refractivity (Wildman–Crippen MR) is 74.4 cm³/mol. The van der Waals surface area contributed by atoms with E-state index < -0.39 is 23.7 Å². The molecule has 1 rings (SSSR count). The number of carbonyl (C=O) groups is 2. The first-order chi connectivity index (χ1) is 9.85. The van der Waals surface area contributed by atoms with E-state index in [4.69, 9.17) is 15.6 Å². The normalized spacial score (nSPS) is 13.5. The number of aliphatic carboxylic acids is 1. The Hall–Kier alpha value is -1.99. The Labute approximate surface area is 122 Å². The van der Waals surface area contributed by atoms with Crippen LogP contribution in [0.15, 0.2) is 18.2 Å². The van der Waals surface area contributed by atoms with E-state index in [1.54, 1.807) is 6.92 Å². The Morgan fingerprint density at radius 1 is 1.43 bits per heavy atom. The molecule has 1 amide bonds. The van der Waals surface area contributed by atoms with Crippen LogP contribution < -0.4 is 11.1 Å². The summed E-state index contributed by atoms with van der Waals surface area (Å²) in [6, 6.07) is 2.67. The third-order valence-electron chi connectivity index (χ3n) is 2.87. The van der Waals surface area contributed by atoms with Crippen LogP contribution in [0.5, 0.6) is 0 Å². The Bertz CT molecular complexity index is 522. The van der Waals surface area contributed by atoms with Crippen LogP contribution in [-0.2, 0) is 9.53 Å². The zero-order chi connectivity index (χ0) is 16.0. The van der Waals surface area contributed by atoms with Crippen molar-refractivity contribution in [1.29, 1.82) is 0 Å². The number of benzene rings is 1. The van der Waals surface area contributed by atoms with Gasteiger partial charge in [-0.2, -0.15) is 0 Å². The molecule has 7 heteroatoms. The summed E-state index contributed by atoms with van der Waals surface area (Å²) in [5, 5.41) is 11.0. The standard InChI is InChI=1S/C14H19FN2O4/c1-3-21-8(2)9-4-10(6-11(15)5-9)13(18)17-7-12(16)14(19)20/h4-6,8,12H,3,7,16H2,1-2H3,(H,17,18)(H,19,20)/t8-,12?/m0/s1. The van der Waals surface area contributed by atoms with Crippen LogP contribution in [0.3, 0.4) is 0 Å². The van der Waals surface area contributed by atoms with E-state index in [1.807, 2.05) is 6.92 Å². The van der Waals surface area contributed by atoms with Gasteiger partial charge in [-0.3, -0.25) is 9.59 Å². The molecule has 2 atom stereocenters. The maximum Gasteiger partial charge on any atom is 0.322 e. The van der Waals surface area contributed by atoms with Gasteiger partial charge in [0.25, 0.3) is 5.91 Å². The van der Waals surface area contributed by atoms with Crippen molar-refractivity contribution >= 4 is 11.9 Å². The summed E-state index contributed by atoms with van der Waals surface area (Å²) in [5.41, 5.74) is 5.91. The van der Waals surface area contributed by atoms with Crippen molar-refractivity contribution < 1.29 is 23.8 Å². The molecule has 0 aliphatic carbocycles. The Kier molecular flexibility index (Phi) is 6.26. The summed E-state index contributed by atoms with van der Waals surface area (Å²) in [6.45, 7) is 3.80. The lowest BCUT2D eigenvalue weighted by atomic mass is 10.1. The first-order valence-corrected chi connectivity index (χ1v) is 6.53. The van der Waals surface area contributed by atoms with Gasteiger partial charge in [0.1, 0.15) is 11.9 Å². The van der Waals surface area contributed by atoms with E-state index >= 15 is 0 Å². The fourth-order valence-electron chi connectivity index (χ4n) is 1.72. The smallest absolute Gasteiger partial charge is 0.322 e. The van der Waals surface area contributed by atoms with Crippen molar-refractivity contribution in [3.8, 4) is 0 Å². The van der Waals surface area contributed by atoms with E-state index in [0.717, 1.165) is 6.07 Å². The second-order valence-corrected chi connectivity index (χ2v) is 4.53. The minimum absolute atomic E-state index is 0.0918. The molecule has 0 fully saturated rings. The van der Waals surface area contributed by atoms with Crippen molar-refractivity contribution in [2.45, 2.75) is 26.0 Å². The largest absolute Gasteiger partial charge is 0.480 e. The molecule has 0 bridgehead atoms.